The van der Waals surface area contributed by atoms with Crippen molar-refractivity contribution < 1.29 is 4.79 Å². The Balaban J connectivity index is 1.21. The SMILES string of the molecule is O=C(CN[C@H]1CCCc2ccccc21)NC12CC3CC(CC(C3)C1)C2. The molecule has 0 radical (unpaired) electrons. The van der Waals surface area contributed by atoms with Gasteiger partial charge in [-0.15, -0.1) is 0 Å². The van der Waals surface area contributed by atoms with Crippen LogP contribution < -0.4 is 10.6 Å². The Morgan fingerprint density at radius 1 is 1.04 bits per heavy atom. The molecule has 6 rings (SSSR count). The van der Waals surface area contributed by atoms with Gasteiger partial charge in [-0.25, -0.2) is 0 Å². The summed E-state index contributed by atoms with van der Waals surface area (Å²) in [6, 6.07) is 9.05. The highest BCUT2D eigenvalue weighted by atomic mass is 16.2. The number of aryl methyl sites for hydroxylation is 1. The molecule has 1 atom stereocenters. The fourth-order valence-corrected chi connectivity index (χ4v) is 6.79. The van der Waals surface area contributed by atoms with Gasteiger partial charge in [-0.3, -0.25) is 4.79 Å². The second-order valence-corrected chi connectivity index (χ2v) is 9.27. The van der Waals surface area contributed by atoms with Crippen molar-refractivity contribution in [3.05, 3.63) is 35.4 Å². The molecule has 3 nitrogen and oxygen atoms in total. The van der Waals surface area contributed by atoms with E-state index >= 15 is 0 Å². The highest BCUT2D eigenvalue weighted by Crippen LogP contribution is 2.55. The summed E-state index contributed by atoms with van der Waals surface area (Å²) in [6.45, 7) is 0.459. The zero-order valence-corrected chi connectivity index (χ0v) is 15.1. The van der Waals surface area contributed by atoms with Crippen LogP contribution in [0.1, 0.15) is 68.5 Å². The zero-order chi connectivity index (χ0) is 16.9. The third-order valence-electron chi connectivity index (χ3n) is 7.32. The molecule has 1 aromatic carbocycles. The number of carbonyl (C=O) groups is 1. The molecule has 0 unspecified atom stereocenters. The number of rotatable bonds is 4. The van der Waals surface area contributed by atoms with Crippen molar-refractivity contribution in [2.75, 3.05) is 6.54 Å². The molecular formula is C22H30N2O. The Hall–Kier alpha value is -1.35. The second kappa shape index (κ2) is 6.12. The van der Waals surface area contributed by atoms with Crippen molar-refractivity contribution in [2.45, 2.75) is 69.4 Å². The van der Waals surface area contributed by atoms with Crippen molar-refractivity contribution in [2.24, 2.45) is 17.8 Å². The summed E-state index contributed by atoms with van der Waals surface area (Å²) >= 11 is 0. The van der Waals surface area contributed by atoms with E-state index in [0.717, 1.165) is 24.2 Å². The van der Waals surface area contributed by atoms with Crippen molar-refractivity contribution in [3.63, 3.8) is 0 Å². The molecule has 0 saturated heterocycles. The first-order valence-corrected chi connectivity index (χ1v) is 10.3. The van der Waals surface area contributed by atoms with Gasteiger partial charge in [0.1, 0.15) is 0 Å². The number of carbonyl (C=O) groups excluding carboxylic acids is 1. The minimum Gasteiger partial charge on any atom is -0.350 e. The summed E-state index contributed by atoms with van der Waals surface area (Å²) in [5.74, 6) is 2.85. The Labute approximate surface area is 151 Å². The Morgan fingerprint density at radius 2 is 1.72 bits per heavy atom. The van der Waals surface area contributed by atoms with Crippen LogP contribution in [0.3, 0.4) is 0 Å². The smallest absolute Gasteiger partial charge is 0.234 e. The zero-order valence-electron chi connectivity index (χ0n) is 15.1. The standard InChI is InChI=1S/C22H30N2O/c25-21(14-23-20-7-3-5-18-4-1-2-6-19(18)20)24-22-11-15-8-16(12-22)10-17(9-15)13-22/h1-2,4,6,15-17,20,23H,3,5,7-14H2,(H,24,25)/t15?,16?,17?,20-,22?/m0/s1. The molecule has 1 amide bonds. The number of hydrogen-bond acceptors (Lipinski definition) is 2. The van der Waals surface area contributed by atoms with Crippen LogP contribution in [-0.2, 0) is 11.2 Å². The van der Waals surface area contributed by atoms with Crippen molar-refractivity contribution in [1.29, 1.82) is 0 Å². The van der Waals surface area contributed by atoms with Crippen molar-refractivity contribution in [1.82, 2.24) is 10.6 Å². The fraction of sp³-hybridized carbons (Fsp3) is 0.682. The molecule has 0 heterocycles. The van der Waals surface area contributed by atoms with Gasteiger partial charge in [0.05, 0.1) is 6.54 Å². The maximum Gasteiger partial charge on any atom is 0.234 e. The van der Waals surface area contributed by atoms with Crippen LogP contribution in [-0.4, -0.2) is 18.0 Å². The Morgan fingerprint density at radius 3 is 2.44 bits per heavy atom. The van der Waals surface area contributed by atoms with Crippen LogP contribution in [0, 0.1) is 17.8 Å². The third kappa shape index (κ3) is 3.01. The maximum absolute atomic E-state index is 12.7. The lowest BCUT2D eigenvalue weighted by Crippen LogP contribution is -2.60. The average Bonchev–Trinajstić information content (AvgIpc) is 2.58. The van der Waals surface area contributed by atoms with Gasteiger partial charge in [0, 0.05) is 11.6 Å². The average molecular weight is 338 g/mol. The Bertz CT molecular complexity index is 632. The molecule has 4 bridgehead atoms. The molecular weight excluding hydrogens is 308 g/mol. The summed E-state index contributed by atoms with van der Waals surface area (Å²) in [6.07, 6.45) is 11.5. The van der Waals surface area contributed by atoms with E-state index in [9.17, 15) is 4.79 Å². The van der Waals surface area contributed by atoms with Gasteiger partial charge < -0.3 is 10.6 Å². The van der Waals surface area contributed by atoms with Gasteiger partial charge in [0.25, 0.3) is 0 Å². The fourth-order valence-electron chi connectivity index (χ4n) is 6.79. The highest BCUT2D eigenvalue weighted by Gasteiger charge is 2.51. The van der Waals surface area contributed by atoms with E-state index in [1.807, 2.05) is 0 Å². The van der Waals surface area contributed by atoms with Crippen molar-refractivity contribution in [3.8, 4) is 0 Å². The lowest BCUT2D eigenvalue weighted by Gasteiger charge is -2.56. The maximum atomic E-state index is 12.7. The van der Waals surface area contributed by atoms with Crippen LogP contribution in [0.4, 0.5) is 0 Å². The monoisotopic (exact) mass is 338 g/mol. The second-order valence-electron chi connectivity index (χ2n) is 9.27. The highest BCUT2D eigenvalue weighted by molar-refractivity contribution is 5.79. The van der Waals surface area contributed by atoms with Crippen LogP contribution in [0.5, 0.6) is 0 Å². The molecule has 1 aromatic rings. The first kappa shape index (κ1) is 15.9. The lowest BCUT2D eigenvalue weighted by atomic mass is 9.53. The largest absolute Gasteiger partial charge is 0.350 e. The predicted molar refractivity (Wildman–Crippen MR) is 99.2 cm³/mol. The predicted octanol–water partition coefficient (Wildman–Crippen LogP) is 3.74. The Kier molecular flexibility index (Phi) is 3.89. The summed E-state index contributed by atoms with van der Waals surface area (Å²) in [4.78, 5) is 12.7. The molecule has 5 aliphatic carbocycles. The normalized spacial score (nSPS) is 38.4. The summed E-state index contributed by atoms with van der Waals surface area (Å²) in [5.41, 5.74) is 2.99. The van der Waals surface area contributed by atoms with Crippen LogP contribution in [0.2, 0.25) is 0 Å². The first-order valence-electron chi connectivity index (χ1n) is 10.3. The van der Waals surface area contributed by atoms with Gasteiger partial charge in [-0.2, -0.15) is 0 Å². The van der Waals surface area contributed by atoms with Gasteiger partial charge in [0.15, 0.2) is 0 Å². The van der Waals surface area contributed by atoms with Gasteiger partial charge in [-0.05, 0) is 86.7 Å². The number of amides is 1. The molecule has 0 aliphatic heterocycles. The molecule has 4 fully saturated rings. The lowest BCUT2D eigenvalue weighted by molar-refractivity contribution is -0.126. The molecule has 5 aliphatic rings. The van der Waals surface area contributed by atoms with E-state index in [4.69, 9.17) is 0 Å². The molecule has 4 saturated carbocycles. The summed E-state index contributed by atoms with van der Waals surface area (Å²) < 4.78 is 0. The topological polar surface area (TPSA) is 41.1 Å². The summed E-state index contributed by atoms with van der Waals surface area (Å²) in [5, 5.41) is 7.03. The molecule has 3 heteroatoms. The van der Waals surface area contributed by atoms with E-state index in [1.165, 1.54) is 62.5 Å². The minimum atomic E-state index is 0.137. The van der Waals surface area contributed by atoms with Gasteiger partial charge >= 0.3 is 0 Å². The number of nitrogens with one attached hydrogen (secondary N) is 2. The minimum absolute atomic E-state index is 0.137. The van der Waals surface area contributed by atoms with E-state index in [1.54, 1.807) is 0 Å². The number of hydrogen-bond donors (Lipinski definition) is 2. The first-order chi connectivity index (χ1) is 12.2. The van der Waals surface area contributed by atoms with Gasteiger partial charge in [-0.1, -0.05) is 24.3 Å². The number of fused-ring (bicyclic) bond motifs is 1. The third-order valence-corrected chi connectivity index (χ3v) is 7.32. The molecule has 2 N–H and O–H groups in total. The quantitative estimate of drug-likeness (QED) is 0.878. The number of benzene rings is 1. The molecule has 134 valence electrons. The molecule has 0 aromatic heterocycles. The van der Waals surface area contributed by atoms with Crippen molar-refractivity contribution >= 4 is 5.91 Å². The molecule has 0 spiro atoms. The van der Waals surface area contributed by atoms with E-state index in [0.29, 0.717) is 12.6 Å². The molecule has 25 heavy (non-hydrogen) atoms. The van der Waals surface area contributed by atoms with E-state index in [-0.39, 0.29) is 11.4 Å². The van der Waals surface area contributed by atoms with Crippen LogP contribution in [0.25, 0.3) is 0 Å². The van der Waals surface area contributed by atoms with E-state index in [2.05, 4.69) is 34.9 Å². The van der Waals surface area contributed by atoms with Crippen LogP contribution >= 0.6 is 0 Å². The van der Waals surface area contributed by atoms with E-state index < -0.39 is 0 Å². The van der Waals surface area contributed by atoms with Crippen LogP contribution in [0.15, 0.2) is 24.3 Å². The summed E-state index contributed by atoms with van der Waals surface area (Å²) in [7, 11) is 0. The van der Waals surface area contributed by atoms with Gasteiger partial charge in [0.2, 0.25) is 5.91 Å².